The Morgan fingerprint density at radius 3 is 1.17 bits per heavy atom. The highest BCUT2D eigenvalue weighted by molar-refractivity contribution is 7.93. The highest BCUT2D eigenvalue weighted by Crippen LogP contribution is 2.35. The van der Waals surface area contributed by atoms with Crippen LogP contribution in [0.1, 0.15) is 27.0 Å². The van der Waals surface area contributed by atoms with Gasteiger partial charge in [-0.15, -0.1) is 0 Å². The summed E-state index contributed by atoms with van der Waals surface area (Å²) in [5, 5.41) is 19.8. The largest absolute Gasteiger partial charge is 0.383 e. The van der Waals surface area contributed by atoms with Crippen LogP contribution >= 0.6 is 0 Å². The Hall–Kier alpha value is -9.03. The lowest BCUT2D eigenvalue weighted by molar-refractivity contribution is 0.103. The van der Waals surface area contributed by atoms with E-state index in [2.05, 4.69) is 31.6 Å². The molecule has 0 spiro atoms. The highest BCUT2D eigenvalue weighted by Gasteiger charge is 2.22. The summed E-state index contributed by atoms with van der Waals surface area (Å²) in [7, 11) is -0.709. The third-order valence-electron chi connectivity index (χ3n) is 11.4. The summed E-state index contributed by atoms with van der Waals surface area (Å²) >= 11 is 0. The molecule has 15 nitrogen and oxygen atoms in total. The third-order valence-corrected chi connectivity index (χ3v) is 14.1. The van der Waals surface area contributed by atoms with E-state index in [4.69, 9.17) is 11.5 Å². The van der Waals surface area contributed by atoms with E-state index < -0.39 is 25.8 Å². The molecule has 6 N–H and O–H groups in total. The van der Waals surface area contributed by atoms with Gasteiger partial charge >= 0.3 is 0 Å². The van der Waals surface area contributed by atoms with E-state index >= 15 is 0 Å². The van der Waals surface area contributed by atoms with Gasteiger partial charge in [-0.1, -0.05) is 72.8 Å². The number of ketones is 1. The zero-order valence-corrected chi connectivity index (χ0v) is 39.8. The molecule has 2 heterocycles. The second-order valence-corrected chi connectivity index (χ2v) is 19.9. The van der Waals surface area contributed by atoms with Gasteiger partial charge in [-0.3, -0.25) is 14.2 Å². The molecular formula is C53H44N10O5S2. The number of pyridine rings is 2. The monoisotopic (exact) mass is 964 g/mol. The van der Waals surface area contributed by atoms with Gasteiger partial charge in [0.2, 0.25) is 0 Å². The Kier molecular flexibility index (Phi) is 13.1. The van der Waals surface area contributed by atoms with Crippen LogP contribution in [0.4, 0.5) is 34.4 Å². The zero-order chi connectivity index (χ0) is 49.9. The van der Waals surface area contributed by atoms with Gasteiger partial charge in [0.1, 0.15) is 34.9 Å². The fraction of sp³-hybridized carbons (Fsp3) is 0.0755. The Labute approximate surface area is 406 Å². The van der Waals surface area contributed by atoms with E-state index in [1.807, 2.05) is 86.5 Å². The Morgan fingerprint density at radius 1 is 0.500 bits per heavy atom. The number of nitriles is 2. The number of hydrogen-bond acceptors (Lipinski definition) is 13. The van der Waals surface area contributed by atoms with Gasteiger partial charge in [-0.05, 0) is 96.1 Å². The number of nitrogens with one attached hydrogen (secondary N) is 2. The first-order chi connectivity index (χ1) is 33.4. The summed E-state index contributed by atoms with van der Waals surface area (Å²) in [6, 6.07) is 46.9. The molecular weight excluding hydrogens is 921 g/mol. The molecule has 8 rings (SSSR count). The minimum atomic E-state index is -4.22. The molecule has 348 valence electrons. The van der Waals surface area contributed by atoms with Crippen LogP contribution < -0.4 is 30.7 Å². The first-order valence-corrected chi connectivity index (χ1v) is 24.4. The average molecular weight is 965 g/mol. The number of anilines is 6. The van der Waals surface area contributed by atoms with Crippen LogP contribution in [0.3, 0.4) is 0 Å². The number of sulfonamides is 2. The summed E-state index contributed by atoms with van der Waals surface area (Å²) < 4.78 is 59.7. The normalized spacial score (nSPS) is 11.2. The van der Waals surface area contributed by atoms with Crippen molar-refractivity contribution in [2.24, 2.45) is 0 Å². The molecule has 0 saturated heterocycles. The molecule has 70 heavy (non-hydrogen) atoms. The molecule has 0 radical (unpaired) electrons. The standard InChI is InChI=1S/C53H44N10O5S2/c1-62(2)41-23-15-33(16-24-41)45-29-49(58-52(56)47(45)31-54)35-11-19-39(20-12-35)60-69(65,66)43-9-5-7-37(27-43)51(64)38-8-6-10-44(28-38)70(67,68)61-40-21-13-36(14-22-40)50-30-46(48(32-55)53(57)59-50)34-17-25-42(26-18-34)63(3)4/h5-30,60-61H,1-4H3,(H2,56,58)(H2,57,59). The second kappa shape index (κ2) is 19.3. The van der Waals surface area contributed by atoms with Crippen molar-refractivity contribution in [1.29, 1.82) is 10.5 Å². The van der Waals surface area contributed by atoms with Crippen molar-refractivity contribution in [2.75, 3.05) is 58.9 Å². The van der Waals surface area contributed by atoms with E-state index in [0.717, 1.165) is 22.5 Å². The summed E-state index contributed by atoms with van der Waals surface area (Å²) in [5.41, 5.74) is 20.4. The van der Waals surface area contributed by atoms with Gasteiger partial charge in [-0.2, -0.15) is 10.5 Å². The van der Waals surface area contributed by atoms with E-state index in [1.54, 1.807) is 60.7 Å². The number of carbonyl (C=O) groups is 1. The van der Waals surface area contributed by atoms with Crippen molar-refractivity contribution >= 4 is 60.2 Å². The van der Waals surface area contributed by atoms with Gasteiger partial charge in [0.05, 0.1) is 21.2 Å². The van der Waals surface area contributed by atoms with Crippen LogP contribution in [0.25, 0.3) is 44.8 Å². The third kappa shape index (κ3) is 9.97. The molecule has 0 bridgehead atoms. The van der Waals surface area contributed by atoms with Crippen molar-refractivity contribution in [1.82, 2.24) is 9.97 Å². The molecule has 0 aliphatic rings. The SMILES string of the molecule is CN(C)c1ccc(-c2cc(-c3ccc(NS(=O)(=O)c4cccc(C(=O)c5cccc(S(=O)(=O)Nc6ccc(-c7cc(-c8ccc(N(C)C)cc8)c(C#N)c(N)n7)cc6)c5)c4)cc3)nc(N)c2C#N)cc1. The molecule has 0 saturated carbocycles. The smallest absolute Gasteiger partial charge is 0.261 e. The average Bonchev–Trinajstić information content (AvgIpc) is 3.36. The first-order valence-electron chi connectivity index (χ1n) is 21.4. The van der Waals surface area contributed by atoms with E-state index in [0.29, 0.717) is 33.6 Å². The lowest BCUT2D eigenvalue weighted by Gasteiger charge is -2.14. The van der Waals surface area contributed by atoms with Gasteiger partial charge in [0, 0.05) is 84.3 Å². The zero-order valence-electron chi connectivity index (χ0n) is 38.2. The second-order valence-electron chi connectivity index (χ2n) is 16.5. The Morgan fingerprint density at radius 2 is 0.843 bits per heavy atom. The number of rotatable bonds is 14. The van der Waals surface area contributed by atoms with E-state index in [9.17, 15) is 32.2 Å². The first kappa shape index (κ1) is 47.5. The quantitative estimate of drug-likeness (QED) is 0.0745. The van der Waals surface area contributed by atoms with Crippen molar-refractivity contribution in [3.63, 3.8) is 0 Å². The fourth-order valence-corrected chi connectivity index (χ4v) is 9.82. The number of nitrogens with zero attached hydrogens (tertiary/aromatic N) is 6. The molecule has 0 fully saturated rings. The fourth-order valence-electron chi connectivity index (χ4n) is 7.62. The summed E-state index contributed by atoms with van der Waals surface area (Å²) in [6.45, 7) is 0. The number of benzene rings is 6. The molecule has 0 amide bonds. The minimum absolute atomic E-state index is 0.0127. The van der Waals surface area contributed by atoms with E-state index in [1.165, 1.54) is 48.5 Å². The predicted molar refractivity (Wildman–Crippen MR) is 275 cm³/mol. The number of nitrogens with two attached hydrogens (primary N) is 2. The topological polar surface area (TPSA) is 241 Å². The number of nitrogen functional groups attached to an aromatic ring is 2. The lowest BCUT2D eigenvalue weighted by atomic mass is 9.98. The van der Waals surface area contributed by atoms with Crippen LogP contribution in [0.5, 0.6) is 0 Å². The molecule has 0 aliphatic heterocycles. The number of hydrogen-bond donors (Lipinski definition) is 4. The van der Waals surface area contributed by atoms with E-state index in [-0.39, 0.29) is 55.1 Å². The highest BCUT2D eigenvalue weighted by atomic mass is 32.2. The van der Waals surface area contributed by atoms with Crippen LogP contribution in [0.2, 0.25) is 0 Å². The summed E-state index contributed by atoms with van der Waals surface area (Å²) in [4.78, 5) is 26.2. The molecule has 0 atom stereocenters. The lowest BCUT2D eigenvalue weighted by Crippen LogP contribution is -2.15. The van der Waals surface area contributed by atoms with Crippen molar-refractivity contribution in [2.45, 2.75) is 9.79 Å². The predicted octanol–water partition coefficient (Wildman–Crippen LogP) is 9.02. The molecule has 0 aliphatic carbocycles. The van der Waals surface area contributed by atoms with Crippen LogP contribution in [-0.2, 0) is 20.0 Å². The molecule has 8 aromatic rings. The van der Waals surface area contributed by atoms with Crippen LogP contribution in [-0.4, -0.2) is 60.8 Å². The summed E-state index contributed by atoms with van der Waals surface area (Å²) in [6.07, 6.45) is 0. The maximum atomic E-state index is 13.8. The van der Waals surface area contributed by atoms with Crippen LogP contribution in [0.15, 0.2) is 168 Å². The molecule has 0 unspecified atom stereocenters. The van der Waals surface area contributed by atoms with Crippen molar-refractivity contribution < 1.29 is 21.6 Å². The van der Waals surface area contributed by atoms with Gasteiger partial charge in [0.15, 0.2) is 5.78 Å². The molecule has 2 aromatic heterocycles. The minimum Gasteiger partial charge on any atom is -0.383 e. The number of aromatic nitrogens is 2. The van der Waals surface area contributed by atoms with Gasteiger partial charge < -0.3 is 21.3 Å². The molecule has 6 aromatic carbocycles. The van der Waals surface area contributed by atoms with Crippen LogP contribution in [0, 0.1) is 22.7 Å². The molecule has 17 heteroatoms. The van der Waals surface area contributed by atoms with Gasteiger partial charge in [-0.25, -0.2) is 26.8 Å². The van der Waals surface area contributed by atoms with Gasteiger partial charge in [0.25, 0.3) is 20.0 Å². The van der Waals surface area contributed by atoms with Crippen molar-refractivity contribution in [3.8, 4) is 56.9 Å². The summed E-state index contributed by atoms with van der Waals surface area (Å²) in [5.74, 6) is -0.490. The Balaban J connectivity index is 0.959. The maximum absolute atomic E-state index is 13.8. The number of carbonyl (C=O) groups excluding carboxylic acids is 1. The Bertz CT molecular complexity index is 3390. The van der Waals surface area contributed by atoms with Crippen molar-refractivity contribution in [3.05, 3.63) is 180 Å². The maximum Gasteiger partial charge on any atom is 0.261 e.